The highest BCUT2D eigenvalue weighted by atomic mass is 19.4. The number of anilines is 2. The molecular weight excluding hydrogens is 309 g/mol. The molecule has 130 valence electrons. The Morgan fingerprint density at radius 1 is 1.22 bits per heavy atom. The highest BCUT2D eigenvalue weighted by molar-refractivity contribution is 5.90. The topological polar surface area (TPSA) is 41.6 Å². The monoisotopic (exact) mass is 332 g/mol. The van der Waals surface area contributed by atoms with Gasteiger partial charge in [0.05, 0.1) is 23.5 Å². The van der Waals surface area contributed by atoms with Crippen LogP contribution in [0.1, 0.15) is 40.2 Å². The average Bonchev–Trinajstić information content (AvgIpc) is 2.38. The Morgan fingerprint density at radius 2 is 1.78 bits per heavy atom. The zero-order valence-electron chi connectivity index (χ0n) is 14.0. The molecule has 23 heavy (non-hydrogen) atoms. The van der Waals surface area contributed by atoms with Crippen LogP contribution in [0.5, 0.6) is 0 Å². The molecule has 0 fully saturated rings. The van der Waals surface area contributed by atoms with E-state index in [0.29, 0.717) is 5.69 Å². The van der Waals surface area contributed by atoms with Crippen LogP contribution in [0.15, 0.2) is 18.2 Å². The number of benzene rings is 1. The smallest absolute Gasteiger partial charge is 0.416 e. The number of amides is 1. The van der Waals surface area contributed by atoms with E-state index in [0.717, 1.165) is 12.1 Å². The van der Waals surface area contributed by atoms with Crippen LogP contribution in [0.25, 0.3) is 0 Å². The van der Waals surface area contributed by atoms with Crippen molar-refractivity contribution in [2.24, 2.45) is 0 Å². The second-order valence-electron chi connectivity index (χ2n) is 5.67. The summed E-state index contributed by atoms with van der Waals surface area (Å²) in [7, 11) is 0. The van der Waals surface area contributed by atoms with Gasteiger partial charge in [-0.25, -0.2) is 4.79 Å². The van der Waals surface area contributed by atoms with Crippen molar-refractivity contribution in [2.45, 2.75) is 52.9 Å². The predicted molar refractivity (Wildman–Crippen MR) is 84.8 cm³/mol. The number of alkyl halides is 3. The molecule has 0 bridgehead atoms. The number of hydrogen-bond acceptors (Lipinski definition) is 3. The Labute approximate surface area is 134 Å². The van der Waals surface area contributed by atoms with Crippen LogP contribution in [0, 0.1) is 0 Å². The maximum Gasteiger partial charge on any atom is 0.416 e. The quantitative estimate of drug-likeness (QED) is 0.834. The van der Waals surface area contributed by atoms with Crippen molar-refractivity contribution in [3.05, 3.63) is 23.8 Å². The molecule has 1 amide bonds. The molecule has 0 saturated carbocycles. The van der Waals surface area contributed by atoms with E-state index in [-0.39, 0.29) is 24.4 Å². The Kier molecular flexibility index (Phi) is 6.29. The largest absolute Gasteiger partial charge is 0.450 e. The number of hydrogen-bond donors (Lipinski definition) is 1. The fraction of sp³-hybridized carbons (Fsp3) is 0.562. The van der Waals surface area contributed by atoms with Crippen molar-refractivity contribution in [1.29, 1.82) is 0 Å². The SMILES string of the molecule is CCOC(=O)Nc1cc(C(F)(F)F)ccc1N(C(C)C)C(C)C. The van der Waals surface area contributed by atoms with Crippen LogP contribution in [-0.2, 0) is 10.9 Å². The average molecular weight is 332 g/mol. The van der Waals surface area contributed by atoms with Crippen LogP contribution in [0.4, 0.5) is 29.3 Å². The lowest BCUT2D eigenvalue weighted by molar-refractivity contribution is -0.137. The van der Waals surface area contributed by atoms with E-state index in [1.807, 2.05) is 32.6 Å². The minimum Gasteiger partial charge on any atom is -0.450 e. The lowest BCUT2D eigenvalue weighted by Gasteiger charge is -2.34. The molecule has 1 aromatic carbocycles. The first kappa shape index (κ1) is 19.1. The number of carbonyl (C=O) groups is 1. The molecule has 0 radical (unpaired) electrons. The van der Waals surface area contributed by atoms with Crippen molar-refractivity contribution in [3.8, 4) is 0 Å². The highest BCUT2D eigenvalue weighted by Gasteiger charge is 2.32. The second-order valence-corrected chi connectivity index (χ2v) is 5.67. The van der Waals surface area contributed by atoms with Crippen LogP contribution in [0.2, 0.25) is 0 Å². The molecule has 0 unspecified atom stereocenters. The summed E-state index contributed by atoms with van der Waals surface area (Å²) in [4.78, 5) is 13.6. The molecule has 0 aliphatic heterocycles. The Balaban J connectivity index is 3.35. The molecule has 7 heteroatoms. The minimum absolute atomic E-state index is 0.0504. The van der Waals surface area contributed by atoms with E-state index in [1.165, 1.54) is 6.07 Å². The third kappa shape index (κ3) is 5.04. The van der Waals surface area contributed by atoms with E-state index in [2.05, 4.69) is 5.32 Å². The van der Waals surface area contributed by atoms with Crippen molar-refractivity contribution < 1.29 is 22.7 Å². The lowest BCUT2D eigenvalue weighted by atomic mass is 10.1. The first-order valence-electron chi connectivity index (χ1n) is 7.51. The highest BCUT2D eigenvalue weighted by Crippen LogP contribution is 2.36. The first-order valence-corrected chi connectivity index (χ1v) is 7.51. The first-order chi connectivity index (χ1) is 10.6. The van der Waals surface area contributed by atoms with Crippen LogP contribution < -0.4 is 10.2 Å². The van der Waals surface area contributed by atoms with Crippen LogP contribution >= 0.6 is 0 Å². The van der Waals surface area contributed by atoms with Crippen LogP contribution in [-0.4, -0.2) is 24.8 Å². The van der Waals surface area contributed by atoms with Gasteiger partial charge in [0.15, 0.2) is 0 Å². The van der Waals surface area contributed by atoms with E-state index < -0.39 is 17.8 Å². The summed E-state index contributed by atoms with van der Waals surface area (Å²) < 4.78 is 43.6. The van der Waals surface area contributed by atoms with Gasteiger partial charge in [-0.3, -0.25) is 5.32 Å². The van der Waals surface area contributed by atoms with Gasteiger partial charge in [-0.2, -0.15) is 13.2 Å². The Bertz CT molecular complexity index is 535. The Hall–Kier alpha value is -1.92. The Morgan fingerprint density at radius 3 is 2.22 bits per heavy atom. The number of nitrogens with one attached hydrogen (secondary N) is 1. The van der Waals surface area contributed by atoms with E-state index in [1.54, 1.807) is 6.92 Å². The fourth-order valence-electron chi connectivity index (χ4n) is 2.47. The van der Waals surface area contributed by atoms with E-state index >= 15 is 0 Å². The van der Waals surface area contributed by atoms with Gasteiger partial charge in [-0.1, -0.05) is 0 Å². The van der Waals surface area contributed by atoms with Gasteiger partial charge in [0.1, 0.15) is 0 Å². The van der Waals surface area contributed by atoms with Gasteiger partial charge < -0.3 is 9.64 Å². The maximum atomic E-state index is 12.9. The zero-order chi connectivity index (χ0) is 17.8. The van der Waals surface area contributed by atoms with Crippen LogP contribution in [0.3, 0.4) is 0 Å². The van der Waals surface area contributed by atoms with Crippen molar-refractivity contribution in [3.63, 3.8) is 0 Å². The molecule has 1 N–H and O–H groups in total. The summed E-state index contributed by atoms with van der Waals surface area (Å²) >= 11 is 0. The number of halogens is 3. The molecule has 0 aromatic heterocycles. The standard InChI is InChI=1S/C16H23F3N2O2/c1-6-23-15(22)20-13-9-12(16(17,18)19)7-8-14(13)21(10(2)3)11(4)5/h7-11H,6H2,1-5H3,(H,20,22). The molecule has 0 heterocycles. The molecule has 1 rings (SSSR count). The summed E-state index contributed by atoms with van der Waals surface area (Å²) in [5.41, 5.74) is -0.211. The van der Waals surface area contributed by atoms with Gasteiger partial charge in [0, 0.05) is 12.1 Å². The van der Waals surface area contributed by atoms with Gasteiger partial charge in [-0.05, 0) is 52.8 Å². The van der Waals surface area contributed by atoms with Crippen molar-refractivity contribution in [2.75, 3.05) is 16.8 Å². The summed E-state index contributed by atoms with van der Waals surface area (Å²) in [5.74, 6) is 0. The van der Waals surface area contributed by atoms with Crippen molar-refractivity contribution >= 4 is 17.5 Å². The summed E-state index contributed by atoms with van der Waals surface area (Å²) in [6, 6.07) is 3.43. The maximum absolute atomic E-state index is 12.9. The number of carbonyl (C=O) groups excluding carboxylic acids is 1. The van der Waals surface area contributed by atoms with Crippen molar-refractivity contribution in [1.82, 2.24) is 0 Å². The zero-order valence-corrected chi connectivity index (χ0v) is 14.0. The summed E-state index contributed by atoms with van der Waals surface area (Å²) in [6.07, 6.45) is -5.26. The molecule has 1 aromatic rings. The molecule has 0 spiro atoms. The van der Waals surface area contributed by atoms with Gasteiger partial charge in [-0.15, -0.1) is 0 Å². The van der Waals surface area contributed by atoms with Gasteiger partial charge in [0.2, 0.25) is 0 Å². The third-order valence-corrected chi connectivity index (χ3v) is 3.23. The molecule has 0 saturated heterocycles. The molecular formula is C16H23F3N2O2. The lowest BCUT2D eigenvalue weighted by Crippen LogP contribution is -2.37. The predicted octanol–water partition coefficient (Wildman–Crippen LogP) is 4.90. The number of ether oxygens (including phenoxy) is 1. The normalized spacial score (nSPS) is 11.7. The van der Waals surface area contributed by atoms with Gasteiger partial charge in [0.25, 0.3) is 0 Å². The number of rotatable bonds is 5. The fourth-order valence-corrected chi connectivity index (χ4v) is 2.47. The molecule has 0 aliphatic rings. The molecule has 4 nitrogen and oxygen atoms in total. The van der Waals surface area contributed by atoms with E-state index in [9.17, 15) is 18.0 Å². The summed E-state index contributed by atoms with van der Waals surface area (Å²) in [6.45, 7) is 9.51. The third-order valence-electron chi connectivity index (χ3n) is 3.23. The second kappa shape index (κ2) is 7.57. The minimum atomic E-state index is -4.48. The van der Waals surface area contributed by atoms with Gasteiger partial charge >= 0.3 is 12.3 Å². The number of nitrogens with zero attached hydrogens (tertiary/aromatic N) is 1. The molecule has 0 atom stereocenters. The summed E-state index contributed by atoms with van der Waals surface area (Å²) in [5, 5.41) is 2.41. The molecule has 0 aliphatic carbocycles. The van der Waals surface area contributed by atoms with E-state index in [4.69, 9.17) is 4.74 Å².